The highest BCUT2D eigenvalue weighted by Gasteiger charge is 2.19. The molecular weight excluding hydrogens is 470 g/mol. The number of piperidine rings is 1. The quantitative estimate of drug-likeness (QED) is 0.504. The third-order valence-corrected chi connectivity index (χ3v) is 4.97. The van der Waals surface area contributed by atoms with Gasteiger partial charge in [0.1, 0.15) is 5.75 Å². The van der Waals surface area contributed by atoms with Crippen LogP contribution in [0.25, 0.3) is 22.4 Å². The summed E-state index contributed by atoms with van der Waals surface area (Å²) in [5.74, 6) is 1.03. The molecule has 0 saturated carbocycles. The van der Waals surface area contributed by atoms with E-state index in [0.717, 1.165) is 42.9 Å². The summed E-state index contributed by atoms with van der Waals surface area (Å²) in [6, 6.07) is 9.88. The summed E-state index contributed by atoms with van der Waals surface area (Å²) in [5, 5.41) is 29.2. The molecule has 0 amide bonds. The van der Waals surface area contributed by atoms with Crippen molar-refractivity contribution in [3.63, 3.8) is 0 Å². The van der Waals surface area contributed by atoms with Crippen LogP contribution in [-0.4, -0.2) is 51.7 Å². The minimum Gasteiger partial charge on any atom is -0.507 e. The van der Waals surface area contributed by atoms with Gasteiger partial charge >= 0.3 is 0 Å². The van der Waals surface area contributed by atoms with E-state index in [1.54, 1.807) is 18.5 Å². The predicted molar refractivity (Wildman–Crippen MR) is 130 cm³/mol. The second-order valence-corrected chi connectivity index (χ2v) is 6.59. The number of aromatic hydroxyl groups is 1. The third kappa shape index (κ3) is 6.12. The van der Waals surface area contributed by atoms with Gasteiger partial charge in [0.05, 0.1) is 11.9 Å². The maximum Gasteiger partial charge on any atom is 0.151 e. The van der Waals surface area contributed by atoms with E-state index in [1.165, 1.54) is 0 Å². The van der Waals surface area contributed by atoms with Crippen molar-refractivity contribution >= 4 is 55.4 Å². The molecule has 0 radical (unpaired) electrons. The second kappa shape index (κ2) is 12.8. The largest absolute Gasteiger partial charge is 0.507 e. The Kier molecular flexibility index (Phi) is 12.1. The van der Waals surface area contributed by atoms with E-state index in [9.17, 15) is 5.11 Å². The average Bonchev–Trinajstić information content (AvgIpc) is 3.23. The van der Waals surface area contributed by atoms with E-state index in [-0.39, 0.29) is 55.4 Å². The lowest BCUT2D eigenvalue weighted by molar-refractivity contribution is 0.441. The van der Waals surface area contributed by atoms with Gasteiger partial charge in [-0.3, -0.25) is 5.10 Å². The first-order valence-electron chi connectivity index (χ1n) is 8.82. The maximum atomic E-state index is 10.4. The summed E-state index contributed by atoms with van der Waals surface area (Å²) in [6.07, 6.45) is 5.73. The zero-order chi connectivity index (χ0) is 17.9. The van der Waals surface area contributed by atoms with Gasteiger partial charge < -0.3 is 15.3 Å². The first kappa shape index (κ1) is 28.2. The van der Waals surface area contributed by atoms with Gasteiger partial charge in [-0.1, -0.05) is 6.07 Å². The molecule has 2 aromatic heterocycles. The van der Waals surface area contributed by atoms with Crippen molar-refractivity contribution in [2.75, 3.05) is 25.0 Å². The van der Waals surface area contributed by atoms with Crippen LogP contribution in [0.4, 0.5) is 5.82 Å². The van der Waals surface area contributed by atoms with Crippen molar-refractivity contribution in [1.82, 2.24) is 25.7 Å². The summed E-state index contributed by atoms with van der Waals surface area (Å²) < 4.78 is 0. The number of nitrogens with zero attached hydrogens (tertiary/aromatic N) is 4. The molecule has 3 N–H and O–H groups in total. The van der Waals surface area contributed by atoms with Crippen LogP contribution >= 0.6 is 49.6 Å². The Morgan fingerprint density at radius 3 is 2.27 bits per heavy atom. The Morgan fingerprint density at radius 2 is 1.70 bits per heavy atom. The second-order valence-electron chi connectivity index (χ2n) is 6.59. The van der Waals surface area contributed by atoms with Crippen molar-refractivity contribution in [3.8, 4) is 28.1 Å². The molecule has 11 heteroatoms. The van der Waals surface area contributed by atoms with Crippen molar-refractivity contribution in [3.05, 3.63) is 42.7 Å². The van der Waals surface area contributed by atoms with Crippen LogP contribution in [0.3, 0.4) is 0 Å². The molecule has 166 valence electrons. The first-order chi connectivity index (χ1) is 12.7. The number of aromatic nitrogens is 4. The number of H-pyrrole nitrogens is 1. The fourth-order valence-electron chi connectivity index (χ4n) is 3.37. The zero-order valence-electron chi connectivity index (χ0n) is 16.3. The molecule has 0 atom stereocenters. The Hall–Kier alpha value is -1.77. The molecule has 0 bridgehead atoms. The molecule has 1 aliphatic rings. The molecule has 1 saturated heterocycles. The third-order valence-electron chi connectivity index (χ3n) is 4.97. The average molecular weight is 496 g/mol. The number of anilines is 1. The van der Waals surface area contributed by atoms with E-state index < -0.39 is 0 Å². The minimum absolute atomic E-state index is 0. The van der Waals surface area contributed by atoms with Crippen LogP contribution in [0, 0.1) is 0 Å². The molecule has 7 nitrogen and oxygen atoms in total. The van der Waals surface area contributed by atoms with Gasteiger partial charge in [-0.15, -0.1) is 59.8 Å². The molecule has 30 heavy (non-hydrogen) atoms. The summed E-state index contributed by atoms with van der Waals surface area (Å²) in [5.41, 5.74) is 3.15. The van der Waals surface area contributed by atoms with Crippen molar-refractivity contribution in [2.24, 2.45) is 0 Å². The maximum absolute atomic E-state index is 10.4. The molecule has 3 aromatic rings. The van der Waals surface area contributed by atoms with Crippen molar-refractivity contribution in [1.29, 1.82) is 0 Å². The molecule has 4 rings (SSSR count). The van der Waals surface area contributed by atoms with Crippen LogP contribution in [0.1, 0.15) is 12.8 Å². The molecule has 1 aliphatic heterocycles. The van der Waals surface area contributed by atoms with Crippen LogP contribution in [-0.2, 0) is 0 Å². The Bertz CT molecular complexity index is 873. The Morgan fingerprint density at radius 1 is 0.967 bits per heavy atom. The number of halogens is 4. The molecule has 1 aromatic carbocycles. The van der Waals surface area contributed by atoms with Crippen molar-refractivity contribution < 1.29 is 5.11 Å². The van der Waals surface area contributed by atoms with Crippen LogP contribution in [0.5, 0.6) is 5.75 Å². The summed E-state index contributed by atoms with van der Waals surface area (Å²) >= 11 is 0. The number of hydrogen-bond acceptors (Lipinski definition) is 6. The lowest BCUT2D eigenvalue weighted by atomic mass is 10.0. The SMILES string of the molecule is CN(c1ccc(-c2ccc(-c3cn[nH]c3)cc2O)nn1)C1CCNCC1.Cl.Cl.Cl.Cl. The van der Waals surface area contributed by atoms with E-state index in [2.05, 4.69) is 37.7 Å². The lowest BCUT2D eigenvalue weighted by Crippen LogP contribution is -2.41. The smallest absolute Gasteiger partial charge is 0.151 e. The fraction of sp³-hybridized carbons (Fsp3) is 0.316. The Labute approximate surface area is 200 Å². The highest BCUT2D eigenvalue weighted by Crippen LogP contribution is 2.32. The standard InChI is InChI=1S/C19H22N6O.4ClH/c1-25(15-6-8-20-9-7-15)19-5-4-17(23-24-19)16-3-2-13(10-18(16)26)14-11-21-22-12-14;;;;/h2-5,10-12,15,20,26H,6-9H2,1H3,(H,21,22);4*1H. The Balaban J connectivity index is 0.00000210. The monoisotopic (exact) mass is 494 g/mol. The molecule has 0 aliphatic carbocycles. The normalized spacial score (nSPS) is 13.1. The van der Waals surface area contributed by atoms with Gasteiger partial charge in [-0.25, -0.2) is 0 Å². The molecule has 0 unspecified atom stereocenters. The number of nitrogens with one attached hydrogen (secondary N) is 2. The van der Waals surface area contributed by atoms with Gasteiger partial charge in [0.25, 0.3) is 0 Å². The molecular formula is C19H26Cl4N6O. The summed E-state index contributed by atoms with van der Waals surface area (Å²) in [4.78, 5) is 2.19. The van der Waals surface area contributed by atoms with Gasteiger partial charge in [0.2, 0.25) is 0 Å². The number of rotatable bonds is 4. The highest BCUT2D eigenvalue weighted by molar-refractivity contribution is 5.86. The lowest BCUT2D eigenvalue weighted by Gasteiger charge is -2.32. The zero-order valence-corrected chi connectivity index (χ0v) is 19.6. The fourth-order valence-corrected chi connectivity index (χ4v) is 3.37. The number of aromatic amines is 1. The molecule has 0 spiro atoms. The van der Waals surface area contributed by atoms with E-state index in [4.69, 9.17) is 0 Å². The van der Waals surface area contributed by atoms with Crippen molar-refractivity contribution in [2.45, 2.75) is 18.9 Å². The van der Waals surface area contributed by atoms with E-state index in [1.807, 2.05) is 24.3 Å². The highest BCUT2D eigenvalue weighted by atomic mass is 35.5. The van der Waals surface area contributed by atoms with E-state index in [0.29, 0.717) is 17.3 Å². The number of hydrogen-bond donors (Lipinski definition) is 3. The van der Waals surface area contributed by atoms with Gasteiger partial charge in [0.15, 0.2) is 5.82 Å². The van der Waals surface area contributed by atoms with Gasteiger partial charge in [0, 0.05) is 30.4 Å². The van der Waals surface area contributed by atoms with Crippen LogP contribution in [0.15, 0.2) is 42.7 Å². The molecule has 1 fully saturated rings. The number of benzene rings is 1. The van der Waals surface area contributed by atoms with Gasteiger partial charge in [-0.05, 0) is 55.8 Å². The minimum atomic E-state index is 0. The predicted octanol–water partition coefficient (Wildman–Crippen LogP) is 4.11. The number of phenolic OH excluding ortho intramolecular Hbond substituents is 1. The summed E-state index contributed by atoms with van der Waals surface area (Å²) in [6.45, 7) is 2.08. The van der Waals surface area contributed by atoms with E-state index >= 15 is 0 Å². The van der Waals surface area contributed by atoms with Gasteiger partial charge in [-0.2, -0.15) is 5.10 Å². The molecule has 3 heterocycles. The first-order valence-corrected chi connectivity index (χ1v) is 8.82. The topological polar surface area (TPSA) is 90.0 Å². The number of phenols is 1. The van der Waals surface area contributed by atoms with Crippen LogP contribution < -0.4 is 10.2 Å². The van der Waals surface area contributed by atoms with Crippen LogP contribution in [0.2, 0.25) is 0 Å². The summed E-state index contributed by atoms with van der Waals surface area (Å²) in [7, 11) is 2.07.